The van der Waals surface area contributed by atoms with Crippen LogP contribution < -0.4 is 5.32 Å². The molecule has 0 aliphatic carbocycles. The Morgan fingerprint density at radius 3 is 2.79 bits per heavy atom. The van der Waals surface area contributed by atoms with Gasteiger partial charge in [-0.3, -0.25) is 9.48 Å². The van der Waals surface area contributed by atoms with Gasteiger partial charge >= 0.3 is 0 Å². The Labute approximate surface area is 172 Å². The third kappa shape index (κ3) is 4.08. The summed E-state index contributed by atoms with van der Waals surface area (Å²) in [5, 5.41) is 9.40. The van der Waals surface area contributed by atoms with Gasteiger partial charge in [0.1, 0.15) is 5.82 Å². The number of hydrogen-bond donors (Lipinski definition) is 1. The number of nitrogens with zero attached hydrogens (tertiary/aromatic N) is 4. The molecule has 3 heterocycles. The van der Waals surface area contributed by atoms with Crippen LogP contribution in [0.15, 0.2) is 41.8 Å². The molecule has 4 rings (SSSR count). The van der Waals surface area contributed by atoms with Crippen LogP contribution in [0.25, 0.3) is 11.0 Å². The lowest BCUT2D eigenvalue weighted by Gasteiger charge is -2.10. The molecule has 1 N–H and O–H groups in total. The van der Waals surface area contributed by atoms with Crippen molar-refractivity contribution in [1.29, 1.82) is 0 Å². The molecule has 7 nitrogen and oxygen atoms in total. The molecule has 0 aliphatic heterocycles. The fourth-order valence-corrected chi connectivity index (χ4v) is 4.00. The van der Waals surface area contributed by atoms with Crippen LogP contribution in [0.5, 0.6) is 0 Å². The number of carbonyl (C=O) groups is 1. The number of aryl methyl sites for hydroxylation is 2. The SMILES string of the molecule is COCCn1c(Cn2nc(C)cc2C)nc2cc(NC(=O)c3cccs3)ccc21. The van der Waals surface area contributed by atoms with E-state index in [0.29, 0.717) is 24.6 Å². The van der Waals surface area contributed by atoms with Crippen molar-refractivity contribution < 1.29 is 9.53 Å². The highest BCUT2D eigenvalue weighted by Crippen LogP contribution is 2.23. The Hall–Kier alpha value is -2.97. The van der Waals surface area contributed by atoms with E-state index in [0.717, 1.165) is 33.9 Å². The van der Waals surface area contributed by atoms with Gasteiger partial charge < -0.3 is 14.6 Å². The molecule has 29 heavy (non-hydrogen) atoms. The first-order valence-corrected chi connectivity index (χ1v) is 10.3. The zero-order valence-electron chi connectivity index (χ0n) is 16.7. The van der Waals surface area contributed by atoms with E-state index >= 15 is 0 Å². The maximum absolute atomic E-state index is 12.4. The summed E-state index contributed by atoms with van der Waals surface area (Å²) in [7, 11) is 1.69. The number of carbonyl (C=O) groups excluding carboxylic acids is 1. The van der Waals surface area contributed by atoms with Gasteiger partial charge in [-0.15, -0.1) is 11.3 Å². The van der Waals surface area contributed by atoms with Gasteiger partial charge in [0.2, 0.25) is 0 Å². The van der Waals surface area contributed by atoms with Crippen molar-refractivity contribution in [3.63, 3.8) is 0 Å². The quantitative estimate of drug-likeness (QED) is 0.503. The summed E-state index contributed by atoms with van der Waals surface area (Å²) < 4.78 is 9.40. The van der Waals surface area contributed by atoms with Crippen LogP contribution in [0.3, 0.4) is 0 Å². The van der Waals surface area contributed by atoms with Crippen LogP contribution in [-0.4, -0.2) is 39.0 Å². The molecule has 3 aromatic heterocycles. The van der Waals surface area contributed by atoms with E-state index in [1.165, 1.54) is 11.3 Å². The minimum absolute atomic E-state index is 0.110. The van der Waals surface area contributed by atoms with Gasteiger partial charge in [-0.05, 0) is 49.6 Å². The first kappa shape index (κ1) is 19.4. The largest absolute Gasteiger partial charge is 0.383 e. The number of imidazole rings is 1. The highest BCUT2D eigenvalue weighted by atomic mass is 32.1. The normalized spacial score (nSPS) is 11.3. The molecule has 0 radical (unpaired) electrons. The fourth-order valence-electron chi connectivity index (χ4n) is 3.38. The third-order valence-corrected chi connectivity index (χ3v) is 5.61. The average Bonchev–Trinajstić information content (AvgIpc) is 3.40. The van der Waals surface area contributed by atoms with Crippen molar-refractivity contribution in [2.45, 2.75) is 26.9 Å². The molecule has 0 saturated heterocycles. The zero-order valence-corrected chi connectivity index (χ0v) is 17.5. The van der Waals surface area contributed by atoms with Crippen LogP contribution in [0, 0.1) is 13.8 Å². The monoisotopic (exact) mass is 409 g/mol. The van der Waals surface area contributed by atoms with Crippen LogP contribution in [0.2, 0.25) is 0 Å². The number of methoxy groups -OCH3 is 1. The van der Waals surface area contributed by atoms with Gasteiger partial charge in [0.05, 0.1) is 34.8 Å². The molecule has 1 aromatic carbocycles. The van der Waals surface area contributed by atoms with Crippen molar-refractivity contribution in [3.8, 4) is 0 Å². The number of anilines is 1. The summed E-state index contributed by atoms with van der Waals surface area (Å²) in [5.74, 6) is 0.797. The van der Waals surface area contributed by atoms with Crippen molar-refractivity contribution in [2.75, 3.05) is 19.0 Å². The molecular weight excluding hydrogens is 386 g/mol. The Balaban J connectivity index is 1.67. The predicted octanol–water partition coefficient (Wildman–Crippen LogP) is 3.86. The van der Waals surface area contributed by atoms with Crippen molar-refractivity contribution in [1.82, 2.24) is 19.3 Å². The molecule has 0 unspecified atom stereocenters. The maximum Gasteiger partial charge on any atom is 0.265 e. The Kier molecular flexibility index (Phi) is 5.46. The summed E-state index contributed by atoms with van der Waals surface area (Å²) in [5.41, 5.74) is 4.65. The fraction of sp³-hybridized carbons (Fsp3) is 0.286. The maximum atomic E-state index is 12.4. The summed E-state index contributed by atoms with van der Waals surface area (Å²) in [6.45, 7) is 5.89. The van der Waals surface area contributed by atoms with Gasteiger partial charge in [0, 0.05) is 25.0 Å². The van der Waals surface area contributed by atoms with Gasteiger partial charge in [0.25, 0.3) is 5.91 Å². The summed E-state index contributed by atoms with van der Waals surface area (Å²) in [6, 6.07) is 11.5. The number of benzene rings is 1. The molecule has 4 aromatic rings. The number of ether oxygens (including phenoxy) is 1. The number of amides is 1. The standard InChI is InChI=1S/C21H23N5O2S/c1-14-11-15(2)26(24-14)13-20-23-17-12-16(22-21(27)19-5-4-10-29-19)6-7-18(17)25(20)8-9-28-3/h4-7,10-12H,8-9,13H2,1-3H3,(H,22,27). The predicted molar refractivity (Wildman–Crippen MR) is 115 cm³/mol. The number of thiophene rings is 1. The molecule has 8 heteroatoms. The summed E-state index contributed by atoms with van der Waals surface area (Å²) in [6.07, 6.45) is 0. The van der Waals surface area contributed by atoms with E-state index in [1.54, 1.807) is 7.11 Å². The average molecular weight is 410 g/mol. The summed E-state index contributed by atoms with van der Waals surface area (Å²) in [4.78, 5) is 17.9. The Morgan fingerprint density at radius 1 is 1.24 bits per heavy atom. The lowest BCUT2D eigenvalue weighted by atomic mass is 10.2. The number of aromatic nitrogens is 4. The lowest BCUT2D eigenvalue weighted by molar-refractivity contribution is 0.103. The Morgan fingerprint density at radius 2 is 2.10 bits per heavy atom. The van der Waals surface area contributed by atoms with E-state index in [-0.39, 0.29) is 5.91 Å². The highest BCUT2D eigenvalue weighted by Gasteiger charge is 2.14. The summed E-state index contributed by atoms with van der Waals surface area (Å²) >= 11 is 1.42. The smallest absolute Gasteiger partial charge is 0.265 e. The van der Waals surface area contributed by atoms with Gasteiger partial charge in [0.15, 0.2) is 0 Å². The molecule has 0 atom stereocenters. The van der Waals surface area contributed by atoms with Crippen LogP contribution >= 0.6 is 11.3 Å². The van der Waals surface area contributed by atoms with Crippen LogP contribution in [-0.2, 0) is 17.8 Å². The van der Waals surface area contributed by atoms with Gasteiger partial charge in [-0.1, -0.05) is 6.07 Å². The molecule has 0 spiro atoms. The highest BCUT2D eigenvalue weighted by molar-refractivity contribution is 7.12. The zero-order chi connectivity index (χ0) is 20.4. The topological polar surface area (TPSA) is 74.0 Å². The Bertz CT molecular complexity index is 1140. The van der Waals surface area contributed by atoms with Gasteiger partial charge in [-0.25, -0.2) is 4.98 Å². The van der Waals surface area contributed by atoms with Crippen molar-refractivity contribution in [2.24, 2.45) is 0 Å². The molecular formula is C21H23N5O2S. The van der Waals surface area contributed by atoms with E-state index in [2.05, 4.69) is 21.0 Å². The van der Waals surface area contributed by atoms with Crippen LogP contribution in [0.4, 0.5) is 5.69 Å². The number of fused-ring (bicyclic) bond motifs is 1. The second-order valence-corrected chi connectivity index (χ2v) is 7.84. The first-order chi connectivity index (χ1) is 14.0. The minimum atomic E-state index is -0.110. The molecule has 150 valence electrons. The molecule has 0 fully saturated rings. The molecule has 0 saturated carbocycles. The second-order valence-electron chi connectivity index (χ2n) is 6.89. The molecule has 0 bridgehead atoms. The van der Waals surface area contributed by atoms with E-state index < -0.39 is 0 Å². The lowest BCUT2D eigenvalue weighted by Crippen LogP contribution is -2.13. The number of nitrogens with one attached hydrogen (secondary N) is 1. The van der Waals surface area contributed by atoms with E-state index in [9.17, 15) is 4.79 Å². The second kappa shape index (κ2) is 8.18. The van der Waals surface area contributed by atoms with Crippen molar-refractivity contribution in [3.05, 3.63) is 63.9 Å². The molecule has 1 amide bonds. The van der Waals surface area contributed by atoms with E-state index in [1.807, 2.05) is 54.2 Å². The first-order valence-electron chi connectivity index (χ1n) is 9.39. The third-order valence-electron chi connectivity index (χ3n) is 4.74. The molecule has 0 aliphatic rings. The minimum Gasteiger partial charge on any atom is -0.383 e. The van der Waals surface area contributed by atoms with Crippen LogP contribution in [0.1, 0.15) is 26.9 Å². The van der Waals surface area contributed by atoms with Gasteiger partial charge in [-0.2, -0.15) is 5.10 Å². The number of hydrogen-bond acceptors (Lipinski definition) is 5. The number of rotatable bonds is 7. The van der Waals surface area contributed by atoms with Crippen molar-refractivity contribution >= 4 is 34.0 Å². The van der Waals surface area contributed by atoms with E-state index in [4.69, 9.17) is 9.72 Å².